The van der Waals surface area contributed by atoms with Crippen LogP contribution >= 0.6 is 0 Å². The fourth-order valence-corrected chi connectivity index (χ4v) is 2.58. The molecule has 1 aromatic carbocycles. The number of carboxylic acid groups (broad SMARTS) is 1. The van der Waals surface area contributed by atoms with E-state index in [9.17, 15) is 9.59 Å². The lowest BCUT2D eigenvalue weighted by Crippen LogP contribution is -2.42. The van der Waals surface area contributed by atoms with Crippen molar-refractivity contribution in [2.45, 2.75) is 25.4 Å². The normalized spacial score (nSPS) is 18.4. The number of nitrogens with one attached hydrogen (secondary N) is 1. The van der Waals surface area contributed by atoms with Crippen molar-refractivity contribution in [3.8, 4) is 5.75 Å². The summed E-state index contributed by atoms with van der Waals surface area (Å²) in [6.45, 7) is 1.14. The van der Waals surface area contributed by atoms with Gasteiger partial charge < -0.3 is 15.2 Å². The number of benzene rings is 1. The zero-order valence-corrected chi connectivity index (χ0v) is 12.0. The van der Waals surface area contributed by atoms with Gasteiger partial charge in [0.2, 0.25) is 5.91 Å². The van der Waals surface area contributed by atoms with Crippen LogP contribution < -0.4 is 10.1 Å². The lowest BCUT2D eigenvalue weighted by molar-refractivity contribution is -0.142. The Morgan fingerprint density at radius 2 is 2.19 bits per heavy atom. The van der Waals surface area contributed by atoms with Crippen LogP contribution in [0.2, 0.25) is 0 Å². The second kappa shape index (κ2) is 7.08. The lowest BCUT2D eigenvalue weighted by atomic mass is 10.2. The Balaban J connectivity index is 1.86. The molecular formula is C15H20N2O4. The summed E-state index contributed by atoms with van der Waals surface area (Å²) in [5.74, 6) is -0.304. The number of likely N-dealkylation sites (tertiary alicyclic amines) is 1. The van der Waals surface area contributed by atoms with Crippen LogP contribution in [0, 0.1) is 0 Å². The fraction of sp³-hybridized carbons (Fsp3) is 0.467. The Morgan fingerprint density at radius 1 is 1.43 bits per heavy atom. The molecule has 0 radical (unpaired) electrons. The number of carbonyl (C=O) groups is 2. The molecule has 2 rings (SSSR count). The van der Waals surface area contributed by atoms with Crippen LogP contribution in [0.15, 0.2) is 24.3 Å². The molecule has 1 aliphatic heterocycles. The van der Waals surface area contributed by atoms with Gasteiger partial charge in [0, 0.05) is 12.1 Å². The summed E-state index contributed by atoms with van der Waals surface area (Å²) in [5.41, 5.74) is 0.893. The van der Waals surface area contributed by atoms with Crippen molar-refractivity contribution < 1.29 is 19.4 Å². The topological polar surface area (TPSA) is 78.9 Å². The Hall–Kier alpha value is -2.08. The number of carboxylic acids is 1. The average Bonchev–Trinajstić information content (AvgIpc) is 2.93. The van der Waals surface area contributed by atoms with Crippen molar-refractivity contribution in [2.24, 2.45) is 0 Å². The molecule has 1 amide bonds. The number of hydrogen-bond donors (Lipinski definition) is 2. The van der Waals surface area contributed by atoms with Crippen molar-refractivity contribution >= 4 is 11.9 Å². The monoisotopic (exact) mass is 292 g/mol. The predicted molar refractivity (Wildman–Crippen MR) is 77.1 cm³/mol. The first-order valence-electron chi connectivity index (χ1n) is 6.97. The van der Waals surface area contributed by atoms with Gasteiger partial charge in [0.1, 0.15) is 11.8 Å². The zero-order valence-electron chi connectivity index (χ0n) is 12.0. The van der Waals surface area contributed by atoms with E-state index >= 15 is 0 Å². The lowest BCUT2D eigenvalue weighted by Gasteiger charge is -2.20. The highest BCUT2D eigenvalue weighted by molar-refractivity contribution is 5.80. The maximum atomic E-state index is 12.0. The van der Waals surface area contributed by atoms with Gasteiger partial charge >= 0.3 is 5.97 Å². The number of methoxy groups -OCH3 is 1. The van der Waals surface area contributed by atoms with Crippen LogP contribution in [-0.4, -0.2) is 48.1 Å². The van der Waals surface area contributed by atoms with E-state index in [2.05, 4.69) is 5.32 Å². The first-order chi connectivity index (χ1) is 10.1. The number of amides is 1. The quantitative estimate of drug-likeness (QED) is 0.813. The van der Waals surface area contributed by atoms with Crippen molar-refractivity contribution in [1.82, 2.24) is 10.2 Å². The molecule has 1 aromatic rings. The largest absolute Gasteiger partial charge is 0.496 e. The van der Waals surface area contributed by atoms with Gasteiger partial charge in [-0.3, -0.25) is 14.5 Å². The minimum Gasteiger partial charge on any atom is -0.496 e. The molecule has 1 heterocycles. The summed E-state index contributed by atoms with van der Waals surface area (Å²) >= 11 is 0. The van der Waals surface area contributed by atoms with E-state index < -0.39 is 12.0 Å². The van der Waals surface area contributed by atoms with E-state index in [1.807, 2.05) is 24.3 Å². The number of hydrogen-bond acceptors (Lipinski definition) is 4. The SMILES string of the molecule is COc1ccccc1CNC(=O)CN1CCC[C@@H]1C(=O)O. The zero-order chi connectivity index (χ0) is 15.2. The summed E-state index contributed by atoms with van der Waals surface area (Å²) in [5, 5.41) is 11.9. The molecule has 114 valence electrons. The minimum atomic E-state index is -0.856. The van der Waals surface area contributed by atoms with Crippen LogP contribution in [0.1, 0.15) is 18.4 Å². The van der Waals surface area contributed by atoms with E-state index in [1.54, 1.807) is 12.0 Å². The Bertz CT molecular complexity index is 518. The molecule has 1 saturated heterocycles. The van der Waals surface area contributed by atoms with Crippen molar-refractivity contribution in [1.29, 1.82) is 0 Å². The van der Waals surface area contributed by atoms with Gasteiger partial charge in [-0.25, -0.2) is 0 Å². The molecule has 6 heteroatoms. The van der Waals surface area contributed by atoms with Gasteiger partial charge in [-0.05, 0) is 25.5 Å². The number of ether oxygens (including phenoxy) is 1. The highest BCUT2D eigenvalue weighted by atomic mass is 16.5. The highest BCUT2D eigenvalue weighted by Crippen LogP contribution is 2.18. The third kappa shape index (κ3) is 3.95. The summed E-state index contributed by atoms with van der Waals surface area (Å²) in [6, 6.07) is 6.93. The second-order valence-corrected chi connectivity index (χ2v) is 5.06. The number of para-hydroxylation sites is 1. The molecule has 2 N–H and O–H groups in total. The number of rotatable bonds is 6. The van der Waals surface area contributed by atoms with Gasteiger partial charge in [-0.15, -0.1) is 0 Å². The van der Waals surface area contributed by atoms with Gasteiger partial charge in [0.05, 0.1) is 13.7 Å². The fourth-order valence-electron chi connectivity index (χ4n) is 2.58. The maximum Gasteiger partial charge on any atom is 0.320 e. The van der Waals surface area contributed by atoms with Crippen molar-refractivity contribution in [3.05, 3.63) is 29.8 Å². The third-order valence-electron chi connectivity index (χ3n) is 3.66. The van der Waals surface area contributed by atoms with Crippen LogP contribution in [0.25, 0.3) is 0 Å². The first-order valence-corrected chi connectivity index (χ1v) is 6.97. The molecule has 1 atom stereocenters. The van der Waals surface area contributed by atoms with Crippen LogP contribution in [0.4, 0.5) is 0 Å². The van der Waals surface area contributed by atoms with E-state index in [-0.39, 0.29) is 12.5 Å². The van der Waals surface area contributed by atoms with Crippen LogP contribution in [0.5, 0.6) is 5.75 Å². The molecule has 1 fully saturated rings. The molecule has 0 spiro atoms. The number of carbonyl (C=O) groups excluding carboxylic acids is 1. The molecule has 0 unspecified atom stereocenters. The predicted octanol–water partition coefficient (Wildman–Crippen LogP) is 0.860. The minimum absolute atomic E-state index is 0.117. The number of nitrogens with zero attached hydrogens (tertiary/aromatic N) is 1. The Kier molecular flexibility index (Phi) is 5.16. The molecule has 0 aromatic heterocycles. The summed E-state index contributed by atoms with van der Waals surface area (Å²) < 4.78 is 5.22. The molecule has 0 bridgehead atoms. The Morgan fingerprint density at radius 3 is 2.90 bits per heavy atom. The molecule has 6 nitrogen and oxygen atoms in total. The first kappa shape index (κ1) is 15.3. The average molecular weight is 292 g/mol. The molecule has 0 saturated carbocycles. The third-order valence-corrected chi connectivity index (χ3v) is 3.66. The van der Waals surface area contributed by atoms with E-state index in [0.717, 1.165) is 17.7 Å². The van der Waals surface area contributed by atoms with E-state index in [4.69, 9.17) is 9.84 Å². The van der Waals surface area contributed by atoms with Gasteiger partial charge in [0.15, 0.2) is 0 Å². The van der Waals surface area contributed by atoms with Gasteiger partial charge in [-0.1, -0.05) is 18.2 Å². The smallest absolute Gasteiger partial charge is 0.320 e. The van der Waals surface area contributed by atoms with E-state index in [0.29, 0.717) is 19.5 Å². The molecule has 0 aliphatic carbocycles. The number of aliphatic carboxylic acids is 1. The molecule has 21 heavy (non-hydrogen) atoms. The van der Waals surface area contributed by atoms with Gasteiger partial charge in [0.25, 0.3) is 0 Å². The van der Waals surface area contributed by atoms with Crippen molar-refractivity contribution in [3.63, 3.8) is 0 Å². The summed E-state index contributed by atoms with van der Waals surface area (Å²) in [4.78, 5) is 24.7. The molecule has 1 aliphatic rings. The summed E-state index contributed by atoms with van der Waals surface area (Å²) in [6.07, 6.45) is 1.42. The molecular weight excluding hydrogens is 272 g/mol. The van der Waals surface area contributed by atoms with E-state index in [1.165, 1.54) is 0 Å². The maximum absolute atomic E-state index is 12.0. The van der Waals surface area contributed by atoms with Gasteiger partial charge in [-0.2, -0.15) is 0 Å². The Labute approximate surface area is 123 Å². The van der Waals surface area contributed by atoms with Crippen molar-refractivity contribution in [2.75, 3.05) is 20.2 Å². The highest BCUT2D eigenvalue weighted by Gasteiger charge is 2.31. The van der Waals surface area contributed by atoms with Crippen LogP contribution in [0.3, 0.4) is 0 Å². The van der Waals surface area contributed by atoms with Crippen LogP contribution in [-0.2, 0) is 16.1 Å². The second-order valence-electron chi connectivity index (χ2n) is 5.06. The standard InChI is InChI=1S/C15H20N2O4/c1-21-13-7-3-2-5-11(13)9-16-14(18)10-17-8-4-6-12(17)15(19)20/h2-3,5,7,12H,4,6,8-10H2,1H3,(H,16,18)(H,19,20)/t12-/m1/s1. The summed E-state index contributed by atoms with van der Waals surface area (Å²) in [7, 11) is 1.59.